The van der Waals surface area contributed by atoms with Gasteiger partial charge in [-0.3, -0.25) is 4.79 Å². The van der Waals surface area contributed by atoms with E-state index in [1.807, 2.05) is 17.5 Å². The molecule has 1 N–H and O–H groups in total. The van der Waals surface area contributed by atoms with Crippen molar-refractivity contribution in [2.75, 3.05) is 0 Å². The van der Waals surface area contributed by atoms with Gasteiger partial charge in [0.2, 0.25) is 0 Å². The summed E-state index contributed by atoms with van der Waals surface area (Å²) < 4.78 is 0. The summed E-state index contributed by atoms with van der Waals surface area (Å²) in [4.78, 5) is 12.4. The Morgan fingerprint density at radius 2 is 2.43 bits per heavy atom. The lowest BCUT2D eigenvalue weighted by molar-refractivity contribution is -0.157. The Labute approximate surface area is 87.6 Å². The summed E-state index contributed by atoms with van der Waals surface area (Å²) in [7, 11) is 0. The van der Waals surface area contributed by atoms with Gasteiger partial charge in [0, 0.05) is 4.88 Å². The molecule has 1 aliphatic rings. The Balaban J connectivity index is 2.10. The van der Waals surface area contributed by atoms with E-state index in [-0.39, 0.29) is 0 Å². The van der Waals surface area contributed by atoms with Crippen LogP contribution in [0.25, 0.3) is 0 Å². The fourth-order valence-corrected chi connectivity index (χ4v) is 3.26. The van der Waals surface area contributed by atoms with Gasteiger partial charge >= 0.3 is 5.97 Å². The second-order valence-corrected chi connectivity index (χ2v) is 5.39. The zero-order chi connectivity index (χ0) is 10.2. The van der Waals surface area contributed by atoms with Crippen molar-refractivity contribution in [3.05, 3.63) is 22.4 Å². The summed E-state index contributed by atoms with van der Waals surface area (Å²) >= 11 is 1.65. The lowest BCUT2D eigenvalue weighted by Gasteiger charge is -2.42. The Hall–Kier alpha value is -0.830. The fraction of sp³-hybridized carbons (Fsp3) is 0.545. The minimum Gasteiger partial charge on any atom is -0.481 e. The van der Waals surface area contributed by atoms with E-state index in [9.17, 15) is 9.90 Å². The van der Waals surface area contributed by atoms with Gasteiger partial charge in [-0.2, -0.15) is 0 Å². The predicted octanol–water partition coefficient (Wildman–Crippen LogP) is 2.79. The van der Waals surface area contributed by atoms with Crippen molar-refractivity contribution in [3.8, 4) is 0 Å². The highest BCUT2D eigenvalue weighted by atomic mass is 32.1. The number of hydrogen-bond donors (Lipinski definition) is 1. The maximum absolute atomic E-state index is 11.2. The first-order valence-electron chi connectivity index (χ1n) is 4.88. The van der Waals surface area contributed by atoms with E-state index < -0.39 is 11.4 Å². The number of hydrogen-bond acceptors (Lipinski definition) is 2. The van der Waals surface area contributed by atoms with E-state index >= 15 is 0 Å². The molecule has 0 unspecified atom stereocenters. The molecule has 3 heteroatoms. The lowest BCUT2D eigenvalue weighted by Crippen LogP contribution is -2.44. The van der Waals surface area contributed by atoms with Gasteiger partial charge in [-0.05, 0) is 36.6 Å². The van der Waals surface area contributed by atoms with E-state index in [0.29, 0.717) is 12.3 Å². The maximum atomic E-state index is 11.2. The van der Waals surface area contributed by atoms with Crippen molar-refractivity contribution in [2.24, 2.45) is 11.3 Å². The third-order valence-electron chi connectivity index (χ3n) is 3.02. The fourth-order valence-electron chi connectivity index (χ4n) is 2.42. The average Bonchev–Trinajstić information content (AvgIpc) is 2.53. The molecule has 0 bridgehead atoms. The molecule has 2 rings (SSSR count). The van der Waals surface area contributed by atoms with Crippen LogP contribution in [0.4, 0.5) is 0 Å². The maximum Gasteiger partial charge on any atom is 0.310 e. The van der Waals surface area contributed by atoms with Gasteiger partial charge in [0.25, 0.3) is 0 Å². The Bertz CT molecular complexity index is 323. The molecule has 14 heavy (non-hydrogen) atoms. The third-order valence-corrected chi connectivity index (χ3v) is 3.90. The number of rotatable bonds is 3. The van der Waals surface area contributed by atoms with Crippen molar-refractivity contribution in [1.82, 2.24) is 0 Å². The number of aliphatic carboxylic acids is 1. The van der Waals surface area contributed by atoms with Crippen LogP contribution in [0.1, 0.15) is 24.6 Å². The molecule has 2 nitrogen and oxygen atoms in total. The van der Waals surface area contributed by atoms with Crippen molar-refractivity contribution in [1.29, 1.82) is 0 Å². The quantitative estimate of drug-likeness (QED) is 0.833. The molecule has 0 radical (unpaired) electrons. The highest BCUT2D eigenvalue weighted by molar-refractivity contribution is 7.09. The smallest absolute Gasteiger partial charge is 0.310 e. The van der Waals surface area contributed by atoms with Gasteiger partial charge in [-0.1, -0.05) is 13.0 Å². The van der Waals surface area contributed by atoms with Gasteiger partial charge in [-0.25, -0.2) is 0 Å². The molecule has 1 aliphatic carbocycles. The Kier molecular flexibility index (Phi) is 2.35. The molecule has 0 amide bonds. The van der Waals surface area contributed by atoms with E-state index in [2.05, 4.69) is 6.92 Å². The van der Waals surface area contributed by atoms with E-state index in [0.717, 1.165) is 12.8 Å². The molecule has 0 spiro atoms. The summed E-state index contributed by atoms with van der Waals surface area (Å²) in [6.45, 7) is 2.12. The second-order valence-electron chi connectivity index (χ2n) is 4.36. The molecular formula is C11H14O2S. The highest BCUT2D eigenvalue weighted by Crippen LogP contribution is 2.48. The van der Waals surface area contributed by atoms with Gasteiger partial charge in [0.1, 0.15) is 0 Å². The third kappa shape index (κ3) is 1.57. The molecule has 1 fully saturated rings. The topological polar surface area (TPSA) is 37.3 Å². The van der Waals surface area contributed by atoms with Gasteiger partial charge in [0.15, 0.2) is 0 Å². The van der Waals surface area contributed by atoms with Crippen LogP contribution in [0, 0.1) is 11.3 Å². The first kappa shape index (κ1) is 9.71. The number of carboxylic acid groups (broad SMARTS) is 1. The number of carboxylic acids is 1. The van der Waals surface area contributed by atoms with Gasteiger partial charge in [-0.15, -0.1) is 11.3 Å². The number of thiophene rings is 1. The lowest BCUT2D eigenvalue weighted by atomic mass is 9.61. The normalized spacial score (nSPS) is 31.1. The van der Waals surface area contributed by atoms with Crippen LogP contribution in [0.15, 0.2) is 17.5 Å². The second kappa shape index (κ2) is 3.39. The van der Waals surface area contributed by atoms with Crippen LogP contribution in [-0.4, -0.2) is 11.1 Å². The summed E-state index contributed by atoms with van der Waals surface area (Å²) in [5, 5.41) is 11.2. The summed E-state index contributed by atoms with van der Waals surface area (Å²) in [5.41, 5.74) is -0.454. The molecule has 1 aromatic heterocycles. The standard InChI is InChI=1S/C11H14O2S/c1-8-5-11(6-8,10(12)13)7-9-3-2-4-14-9/h2-4,8H,5-7H2,1H3,(H,12,13). The molecule has 1 saturated carbocycles. The molecule has 1 aromatic rings. The van der Waals surface area contributed by atoms with Crippen LogP contribution in [0.2, 0.25) is 0 Å². The monoisotopic (exact) mass is 210 g/mol. The number of carbonyl (C=O) groups is 1. The average molecular weight is 210 g/mol. The van der Waals surface area contributed by atoms with Crippen LogP contribution < -0.4 is 0 Å². The predicted molar refractivity (Wildman–Crippen MR) is 56.5 cm³/mol. The van der Waals surface area contributed by atoms with Crippen molar-refractivity contribution < 1.29 is 9.90 Å². The van der Waals surface area contributed by atoms with E-state index in [1.54, 1.807) is 11.3 Å². The molecule has 76 valence electrons. The molecule has 0 aliphatic heterocycles. The molecular weight excluding hydrogens is 196 g/mol. The zero-order valence-electron chi connectivity index (χ0n) is 8.19. The zero-order valence-corrected chi connectivity index (χ0v) is 9.01. The minimum atomic E-state index is -0.621. The van der Waals surface area contributed by atoms with Gasteiger partial charge in [0.05, 0.1) is 5.41 Å². The van der Waals surface area contributed by atoms with Crippen molar-refractivity contribution in [2.45, 2.75) is 26.2 Å². The van der Waals surface area contributed by atoms with Crippen molar-refractivity contribution >= 4 is 17.3 Å². The largest absolute Gasteiger partial charge is 0.481 e. The highest BCUT2D eigenvalue weighted by Gasteiger charge is 2.48. The van der Waals surface area contributed by atoms with Crippen molar-refractivity contribution in [3.63, 3.8) is 0 Å². The molecule has 0 aromatic carbocycles. The van der Waals surface area contributed by atoms with Crippen LogP contribution in [-0.2, 0) is 11.2 Å². The molecule has 0 atom stereocenters. The van der Waals surface area contributed by atoms with Crippen LogP contribution in [0.3, 0.4) is 0 Å². The molecule has 1 heterocycles. The Morgan fingerprint density at radius 1 is 1.71 bits per heavy atom. The van der Waals surface area contributed by atoms with Crippen LogP contribution >= 0.6 is 11.3 Å². The summed E-state index contributed by atoms with van der Waals surface area (Å²) in [6, 6.07) is 4.01. The first-order chi connectivity index (χ1) is 6.62. The Morgan fingerprint density at radius 3 is 2.86 bits per heavy atom. The SMILES string of the molecule is CC1CC(Cc2cccs2)(C(=O)O)C1. The van der Waals surface area contributed by atoms with Crippen LogP contribution in [0.5, 0.6) is 0 Å². The summed E-state index contributed by atoms with van der Waals surface area (Å²) in [5.74, 6) is -0.0462. The van der Waals surface area contributed by atoms with E-state index in [4.69, 9.17) is 0 Å². The van der Waals surface area contributed by atoms with Gasteiger partial charge < -0.3 is 5.11 Å². The summed E-state index contributed by atoms with van der Waals surface area (Å²) in [6.07, 6.45) is 2.38. The van der Waals surface area contributed by atoms with E-state index in [1.165, 1.54) is 4.88 Å². The first-order valence-corrected chi connectivity index (χ1v) is 5.76. The molecule has 0 saturated heterocycles. The minimum absolute atomic E-state index is 0.454.